The van der Waals surface area contributed by atoms with Crippen molar-refractivity contribution < 1.29 is 32.9 Å². The van der Waals surface area contributed by atoms with E-state index in [2.05, 4.69) is 55.6 Å². The molecule has 0 spiro atoms. The molecule has 0 aromatic rings. The van der Waals surface area contributed by atoms with Gasteiger partial charge in [0.15, 0.2) is 0 Å². The Labute approximate surface area is 448 Å². The van der Waals surface area contributed by atoms with E-state index in [-0.39, 0.29) is 12.5 Å². The topological polar surface area (TPSA) is 108 Å². The van der Waals surface area contributed by atoms with Gasteiger partial charge in [0.2, 0.25) is 5.91 Å². The molecule has 0 rings (SSSR count). The van der Waals surface area contributed by atoms with Gasteiger partial charge in [0.1, 0.15) is 13.2 Å². The summed E-state index contributed by atoms with van der Waals surface area (Å²) in [7, 11) is 1.24. The first kappa shape index (κ1) is 70.5. The summed E-state index contributed by atoms with van der Waals surface area (Å²) < 4.78 is 23.2. The van der Waals surface area contributed by atoms with Gasteiger partial charge >= 0.3 is 0 Å². The maximum absolute atomic E-state index is 12.9. The molecular formula is C63H121N2O6P. The lowest BCUT2D eigenvalue weighted by molar-refractivity contribution is -0.870. The largest absolute Gasteiger partial charge is 0.756 e. The summed E-state index contributed by atoms with van der Waals surface area (Å²) in [5, 5.41) is 13.8. The minimum absolute atomic E-state index is 0.00907. The van der Waals surface area contributed by atoms with Crippen LogP contribution in [0.2, 0.25) is 0 Å². The first-order chi connectivity index (χ1) is 35.0. The summed E-state index contributed by atoms with van der Waals surface area (Å²) >= 11 is 0. The van der Waals surface area contributed by atoms with Gasteiger partial charge in [-0.25, -0.2) is 0 Å². The summed E-state index contributed by atoms with van der Waals surface area (Å²) in [6.07, 6.45) is 72.5. The molecule has 1 amide bonds. The maximum atomic E-state index is 12.9. The SMILES string of the molecule is CCC/C=C/CC/C=C/CC/C=C/C(O)C(COP(=O)([O-])OCC[N+](C)(C)C)NC(=O)CCCCCCCCCCCCCCCCCCC/C=C\CCCCCCCCCCCCCCCCCCCC. The van der Waals surface area contributed by atoms with Gasteiger partial charge in [-0.1, -0.05) is 274 Å². The molecule has 8 nitrogen and oxygen atoms in total. The van der Waals surface area contributed by atoms with Gasteiger partial charge in [-0.3, -0.25) is 9.36 Å². The molecule has 0 fully saturated rings. The first-order valence-electron chi connectivity index (χ1n) is 31.0. The van der Waals surface area contributed by atoms with Crippen LogP contribution in [-0.4, -0.2) is 68.5 Å². The number of allylic oxidation sites excluding steroid dienone is 7. The van der Waals surface area contributed by atoms with Crippen molar-refractivity contribution in [2.45, 2.75) is 309 Å². The fourth-order valence-electron chi connectivity index (χ4n) is 9.13. The van der Waals surface area contributed by atoms with E-state index >= 15 is 0 Å². The van der Waals surface area contributed by atoms with Crippen molar-refractivity contribution in [3.05, 3.63) is 48.6 Å². The molecule has 2 N–H and O–H groups in total. The van der Waals surface area contributed by atoms with Crippen LogP contribution in [0.3, 0.4) is 0 Å². The number of carbonyl (C=O) groups excluding carboxylic acids is 1. The molecule has 0 aliphatic rings. The Bertz CT molecular complexity index is 1310. The molecule has 0 aliphatic carbocycles. The lowest BCUT2D eigenvalue weighted by atomic mass is 10.0. The smallest absolute Gasteiger partial charge is 0.268 e. The van der Waals surface area contributed by atoms with Crippen LogP contribution in [0.1, 0.15) is 296 Å². The number of nitrogens with one attached hydrogen (secondary N) is 1. The molecule has 0 saturated heterocycles. The molecule has 0 bridgehead atoms. The van der Waals surface area contributed by atoms with Gasteiger partial charge in [-0.2, -0.15) is 0 Å². The minimum atomic E-state index is -4.60. The van der Waals surface area contributed by atoms with E-state index in [1.807, 2.05) is 27.2 Å². The fraction of sp³-hybridized carbons (Fsp3) is 0.857. The highest BCUT2D eigenvalue weighted by Crippen LogP contribution is 2.38. The predicted octanol–water partition coefficient (Wildman–Crippen LogP) is 18.5. The Morgan fingerprint density at radius 1 is 0.472 bits per heavy atom. The second-order valence-corrected chi connectivity index (χ2v) is 23.8. The second-order valence-electron chi connectivity index (χ2n) is 22.4. The summed E-state index contributed by atoms with van der Waals surface area (Å²) in [6, 6.07) is -0.908. The zero-order valence-corrected chi connectivity index (χ0v) is 49.3. The molecule has 424 valence electrons. The number of phosphoric acid groups is 1. The van der Waals surface area contributed by atoms with E-state index in [0.717, 1.165) is 51.4 Å². The van der Waals surface area contributed by atoms with Crippen molar-refractivity contribution in [1.82, 2.24) is 5.32 Å². The second kappa shape index (κ2) is 54.3. The number of amides is 1. The average molecular weight is 1030 g/mol. The van der Waals surface area contributed by atoms with Crippen LogP contribution in [0.25, 0.3) is 0 Å². The lowest BCUT2D eigenvalue weighted by Gasteiger charge is -2.29. The van der Waals surface area contributed by atoms with Crippen molar-refractivity contribution in [2.75, 3.05) is 40.9 Å². The van der Waals surface area contributed by atoms with Crippen molar-refractivity contribution in [1.29, 1.82) is 0 Å². The molecule has 0 heterocycles. The van der Waals surface area contributed by atoms with Crippen LogP contribution < -0.4 is 10.2 Å². The number of hydrogen-bond acceptors (Lipinski definition) is 6. The molecule has 9 heteroatoms. The number of rotatable bonds is 57. The van der Waals surface area contributed by atoms with E-state index in [4.69, 9.17) is 9.05 Å². The van der Waals surface area contributed by atoms with Crippen molar-refractivity contribution in [2.24, 2.45) is 0 Å². The molecule has 0 aromatic carbocycles. The number of aliphatic hydroxyl groups excluding tert-OH is 1. The van der Waals surface area contributed by atoms with Crippen LogP contribution in [-0.2, 0) is 18.4 Å². The predicted molar refractivity (Wildman–Crippen MR) is 311 cm³/mol. The molecule has 72 heavy (non-hydrogen) atoms. The normalized spacial score (nSPS) is 14.2. The van der Waals surface area contributed by atoms with Gasteiger partial charge < -0.3 is 28.8 Å². The molecule has 0 saturated carbocycles. The van der Waals surface area contributed by atoms with Gasteiger partial charge in [0.05, 0.1) is 39.9 Å². The number of likely N-dealkylation sites (N-methyl/N-ethyl adjacent to an activating group) is 1. The third kappa shape index (κ3) is 56.2. The van der Waals surface area contributed by atoms with E-state index in [1.54, 1.807) is 6.08 Å². The Balaban J connectivity index is 3.85. The summed E-state index contributed by atoms with van der Waals surface area (Å²) in [5.74, 6) is -0.210. The number of aliphatic hydroxyl groups is 1. The van der Waals surface area contributed by atoms with E-state index in [1.165, 1.54) is 225 Å². The Morgan fingerprint density at radius 2 is 0.806 bits per heavy atom. The van der Waals surface area contributed by atoms with Gasteiger partial charge in [-0.05, 0) is 64.2 Å². The number of quaternary nitrogens is 1. The Kier molecular flexibility index (Phi) is 53.1. The van der Waals surface area contributed by atoms with Crippen molar-refractivity contribution in [3.63, 3.8) is 0 Å². The van der Waals surface area contributed by atoms with Crippen LogP contribution in [0, 0.1) is 0 Å². The minimum Gasteiger partial charge on any atom is -0.756 e. The number of unbranched alkanes of at least 4 members (excludes halogenated alkanes) is 38. The number of phosphoric ester groups is 1. The quantitative estimate of drug-likeness (QED) is 0.0272. The highest BCUT2D eigenvalue weighted by molar-refractivity contribution is 7.45. The van der Waals surface area contributed by atoms with Gasteiger partial charge in [-0.15, -0.1) is 0 Å². The molecule has 3 unspecified atom stereocenters. The highest BCUT2D eigenvalue weighted by atomic mass is 31.2. The van der Waals surface area contributed by atoms with E-state index < -0.39 is 26.6 Å². The van der Waals surface area contributed by atoms with Gasteiger partial charge in [0, 0.05) is 6.42 Å². The Morgan fingerprint density at radius 3 is 1.18 bits per heavy atom. The average Bonchev–Trinajstić information content (AvgIpc) is 3.34. The fourth-order valence-corrected chi connectivity index (χ4v) is 9.85. The number of hydrogen-bond donors (Lipinski definition) is 2. The Hall–Kier alpha value is -1.54. The zero-order valence-electron chi connectivity index (χ0n) is 48.4. The van der Waals surface area contributed by atoms with E-state index in [9.17, 15) is 19.4 Å². The number of carbonyl (C=O) groups is 1. The highest BCUT2D eigenvalue weighted by Gasteiger charge is 2.23. The zero-order chi connectivity index (χ0) is 52.7. The molecular weight excluding hydrogens is 912 g/mol. The molecule has 0 radical (unpaired) electrons. The molecule has 0 aromatic heterocycles. The van der Waals surface area contributed by atoms with Crippen LogP contribution in [0.15, 0.2) is 48.6 Å². The third-order valence-corrected chi connectivity index (χ3v) is 14.9. The summed E-state index contributed by atoms with van der Waals surface area (Å²) in [4.78, 5) is 25.4. The standard InChI is InChI=1S/C63H121N2O6P/c1-6-8-10-12-14-16-18-19-20-21-22-23-24-25-26-27-28-29-30-31-32-33-34-35-36-37-38-39-40-41-42-43-44-45-47-49-51-53-55-57-63(67)64-61(60-71-72(68,69)70-59-58-65(3,4)5)62(66)56-54-52-50-48-46-17-15-13-11-9-7-2/h11,13,31-32,46,48,54,56,61-62,66H,6-10,12,14-30,33-45,47,49-53,55,57-60H2,1-5H3,(H-,64,67,68,69)/b13-11+,32-31-,48-46+,56-54+. The summed E-state index contributed by atoms with van der Waals surface area (Å²) in [6.45, 7) is 4.56. The van der Waals surface area contributed by atoms with E-state index in [0.29, 0.717) is 17.4 Å². The maximum Gasteiger partial charge on any atom is 0.268 e. The number of nitrogens with zero attached hydrogens (tertiary/aromatic N) is 1. The molecule has 0 aliphatic heterocycles. The van der Waals surface area contributed by atoms with Crippen LogP contribution in [0.5, 0.6) is 0 Å². The van der Waals surface area contributed by atoms with Crippen molar-refractivity contribution >= 4 is 13.7 Å². The summed E-state index contributed by atoms with van der Waals surface area (Å²) in [5.41, 5.74) is 0. The van der Waals surface area contributed by atoms with Gasteiger partial charge in [0.25, 0.3) is 7.82 Å². The van der Waals surface area contributed by atoms with Crippen LogP contribution in [0.4, 0.5) is 0 Å². The first-order valence-corrected chi connectivity index (χ1v) is 32.5. The van der Waals surface area contributed by atoms with Crippen LogP contribution >= 0.6 is 7.82 Å². The monoisotopic (exact) mass is 1030 g/mol. The third-order valence-electron chi connectivity index (χ3n) is 14.0. The lowest BCUT2D eigenvalue weighted by Crippen LogP contribution is -2.45. The molecule has 3 atom stereocenters. The van der Waals surface area contributed by atoms with Crippen molar-refractivity contribution in [3.8, 4) is 0 Å².